The molecule has 1 aromatic heterocycles. The van der Waals surface area contributed by atoms with Crippen molar-refractivity contribution in [3.8, 4) is 0 Å². The molecule has 2 aliphatic rings. The van der Waals surface area contributed by atoms with E-state index in [1.165, 1.54) is 0 Å². The van der Waals surface area contributed by atoms with Crippen LogP contribution in [0.2, 0.25) is 0 Å². The van der Waals surface area contributed by atoms with Crippen molar-refractivity contribution in [3.63, 3.8) is 0 Å². The number of benzene rings is 1. The van der Waals surface area contributed by atoms with Gasteiger partial charge in [0.05, 0.1) is 12.1 Å². The third-order valence-corrected chi connectivity index (χ3v) is 5.68. The van der Waals surface area contributed by atoms with Gasteiger partial charge in [0.1, 0.15) is 0 Å². The quantitative estimate of drug-likeness (QED) is 0.844. The predicted molar refractivity (Wildman–Crippen MR) is 98.1 cm³/mol. The molecule has 1 saturated heterocycles. The second-order valence-corrected chi connectivity index (χ2v) is 7.51. The number of nitrogens with one attached hydrogen (secondary N) is 2. The average molecular weight is 392 g/mol. The zero-order valence-corrected chi connectivity index (χ0v) is 15.5. The molecule has 0 spiro atoms. The van der Waals surface area contributed by atoms with Gasteiger partial charge < -0.3 is 10.2 Å². The number of nitrogens with zero attached hydrogens (tertiary/aromatic N) is 2. The molecule has 4 rings (SSSR count). The summed E-state index contributed by atoms with van der Waals surface area (Å²) in [5.74, 6) is -0.0404. The van der Waals surface area contributed by atoms with Gasteiger partial charge >= 0.3 is 6.18 Å². The highest BCUT2D eigenvalue weighted by Gasteiger charge is 2.32. The molecule has 2 aromatic rings. The van der Waals surface area contributed by atoms with E-state index in [-0.39, 0.29) is 11.8 Å². The van der Waals surface area contributed by atoms with Crippen LogP contribution in [-0.2, 0) is 19.4 Å². The molecule has 5 nitrogen and oxygen atoms in total. The number of amides is 1. The number of rotatable bonds is 3. The summed E-state index contributed by atoms with van der Waals surface area (Å²) in [4.78, 5) is 14.7. The first-order chi connectivity index (χ1) is 13.4. The highest BCUT2D eigenvalue weighted by Crippen LogP contribution is 2.34. The minimum absolute atomic E-state index is 0.0416. The highest BCUT2D eigenvalue weighted by molar-refractivity contribution is 5.94. The van der Waals surface area contributed by atoms with Crippen molar-refractivity contribution in [2.24, 2.45) is 0 Å². The van der Waals surface area contributed by atoms with E-state index < -0.39 is 12.6 Å². The van der Waals surface area contributed by atoms with Gasteiger partial charge in [-0.25, -0.2) is 0 Å². The number of hydrogen-bond acceptors (Lipinski definition) is 3. The van der Waals surface area contributed by atoms with E-state index in [2.05, 4.69) is 15.5 Å². The van der Waals surface area contributed by atoms with Crippen molar-refractivity contribution in [2.75, 3.05) is 19.6 Å². The summed E-state index contributed by atoms with van der Waals surface area (Å²) < 4.78 is 38.7. The smallest absolute Gasteiger partial charge is 0.337 e. The van der Waals surface area contributed by atoms with Crippen molar-refractivity contribution < 1.29 is 18.0 Å². The van der Waals surface area contributed by atoms with Gasteiger partial charge in [-0.3, -0.25) is 9.89 Å². The first-order valence-corrected chi connectivity index (χ1v) is 9.63. The summed E-state index contributed by atoms with van der Waals surface area (Å²) >= 11 is 0. The molecule has 150 valence electrons. The fourth-order valence-electron chi connectivity index (χ4n) is 4.27. The fourth-order valence-corrected chi connectivity index (χ4v) is 4.27. The van der Waals surface area contributed by atoms with E-state index in [1.54, 1.807) is 29.2 Å². The Bertz CT molecular complexity index is 853. The molecule has 1 aromatic carbocycles. The minimum atomic E-state index is -4.22. The number of alkyl halides is 3. The van der Waals surface area contributed by atoms with Crippen LogP contribution in [0, 0.1) is 0 Å². The van der Waals surface area contributed by atoms with Gasteiger partial charge in [0, 0.05) is 25.2 Å². The minimum Gasteiger partial charge on any atom is -0.337 e. The third-order valence-electron chi connectivity index (χ3n) is 5.68. The van der Waals surface area contributed by atoms with Crippen molar-refractivity contribution >= 4 is 5.91 Å². The molecule has 0 aliphatic carbocycles. The van der Waals surface area contributed by atoms with Gasteiger partial charge in [0.2, 0.25) is 0 Å². The zero-order valence-electron chi connectivity index (χ0n) is 15.5. The zero-order chi connectivity index (χ0) is 19.7. The normalized spacial score (nSPS) is 18.2. The van der Waals surface area contributed by atoms with E-state index in [9.17, 15) is 18.0 Å². The molecular weight excluding hydrogens is 369 g/mol. The van der Waals surface area contributed by atoms with Gasteiger partial charge in [0.25, 0.3) is 5.91 Å². The Morgan fingerprint density at radius 1 is 1.21 bits per heavy atom. The number of H-pyrrole nitrogens is 1. The Kier molecular flexibility index (Phi) is 5.14. The molecule has 1 amide bonds. The fraction of sp³-hybridized carbons (Fsp3) is 0.500. The Morgan fingerprint density at radius 2 is 1.96 bits per heavy atom. The van der Waals surface area contributed by atoms with Crippen LogP contribution in [0.15, 0.2) is 24.3 Å². The number of carbonyl (C=O) groups excluding carboxylic acids is 1. The lowest BCUT2D eigenvalue weighted by atomic mass is 9.85. The van der Waals surface area contributed by atoms with Gasteiger partial charge in [-0.2, -0.15) is 18.3 Å². The van der Waals surface area contributed by atoms with E-state index >= 15 is 0 Å². The van der Waals surface area contributed by atoms with Crippen LogP contribution in [0.3, 0.4) is 0 Å². The molecule has 2 N–H and O–H groups in total. The average Bonchev–Trinajstić information content (AvgIpc) is 3.11. The first-order valence-electron chi connectivity index (χ1n) is 9.63. The maximum atomic E-state index is 12.9. The monoisotopic (exact) mass is 392 g/mol. The number of likely N-dealkylation sites (tertiary alicyclic amines) is 1. The van der Waals surface area contributed by atoms with Gasteiger partial charge in [-0.1, -0.05) is 24.3 Å². The number of carbonyl (C=O) groups is 1. The third kappa shape index (κ3) is 3.92. The van der Waals surface area contributed by atoms with E-state index in [4.69, 9.17) is 0 Å². The molecule has 0 bridgehead atoms. The van der Waals surface area contributed by atoms with Crippen LogP contribution in [0.1, 0.15) is 51.6 Å². The Morgan fingerprint density at radius 3 is 2.71 bits per heavy atom. The van der Waals surface area contributed by atoms with Crippen LogP contribution >= 0.6 is 0 Å². The number of halogens is 3. The standard InChI is InChI=1S/C20H23F3N4O/c21-20(22,23)11-14-3-1-2-4-15(14)13-6-9-27(10-7-13)19(28)18-16-5-8-24-12-17(16)25-26-18/h1-4,13,24H,5-12H2,(H,25,26). The Labute approximate surface area is 161 Å². The van der Waals surface area contributed by atoms with Crippen LogP contribution < -0.4 is 5.32 Å². The van der Waals surface area contributed by atoms with Gasteiger partial charge in [-0.15, -0.1) is 0 Å². The Hall–Kier alpha value is -2.35. The second kappa shape index (κ2) is 7.58. The van der Waals surface area contributed by atoms with Crippen molar-refractivity contribution in [2.45, 2.75) is 44.3 Å². The molecule has 0 radical (unpaired) electrons. The van der Waals surface area contributed by atoms with E-state index in [0.29, 0.717) is 43.7 Å². The van der Waals surface area contributed by atoms with E-state index in [1.807, 2.05) is 0 Å². The summed E-state index contributed by atoms with van der Waals surface area (Å²) in [6.07, 6.45) is -3.03. The summed E-state index contributed by atoms with van der Waals surface area (Å²) in [6.45, 7) is 2.58. The van der Waals surface area contributed by atoms with Crippen LogP contribution in [-0.4, -0.2) is 46.8 Å². The maximum absolute atomic E-state index is 12.9. The number of hydrogen-bond donors (Lipinski definition) is 2. The molecule has 28 heavy (non-hydrogen) atoms. The molecule has 0 unspecified atom stereocenters. The van der Waals surface area contributed by atoms with Crippen LogP contribution in [0.25, 0.3) is 0 Å². The first kappa shape index (κ1) is 19.0. The maximum Gasteiger partial charge on any atom is 0.393 e. The van der Waals surface area contributed by atoms with Crippen molar-refractivity contribution in [1.29, 1.82) is 0 Å². The molecule has 3 heterocycles. The number of aromatic amines is 1. The van der Waals surface area contributed by atoms with Crippen molar-refractivity contribution in [3.05, 3.63) is 52.3 Å². The summed E-state index contributed by atoms with van der Waals surface area (Å²) in [6, 6.07) is 6.79. The van der Waals surface area contributed by atoms with Crippen LogP contribution in [0.5, 0.6) is 0 Å². The summed E-state index contributed by atoms with van der Waals surface area (Å²) in [7, 11) is 0. The number of fused-ring (bicyclic) bond motifs is 1. The summed E-state index contributed by atoms with van der Waals surface area (Å²) in [5, 5.41) is 10.4. The van der Waals surface area contributed by atoms with Gasteiger partial charge in [0.15, 0.2) is 5.69 Å². The molecule has 0 atom stereocenters. The van der Waals surface area contributed by atoms with Gasteiger partial charge in [-0.05, 0) is 42.9 Å². The lowest BCUT2D eigenvalue weighted by Crippen LogP contribution is -2.39. The molecule has 2 aliphatic heterocycles. The topological polar surface area (TPSA) is 61.0 Å². The lowest BCUT2D eigenvalue weighted by molar-refractivity contribution is -0.127. The molecular formula is C20H23F3N4O. The predicted octanol–water partition coefficient (Wildman–Crippen LogP) is 3.18. The number of piperidine rings is 1. The molecule has 1 fully saturated rings. The number of aromatic nitrogens is 2. The lowest BCUT2D eigenvalue weighted by Gasteiger charge is -2.33. The SMILES string of the molecule is O=C(c1n[nH]c2c1CCNC2)N1CCC(c2ccccc2CC(F)(F)F)CC1. The van der Waals surface area contributed by atoms with E-state index in [0.717, 1.165) is 29.8 Å². The Balaban J connectivity index is 1.44. The largest absolute Gasteiger partial charge is 0.393 e. The summed E-state index contributed by atoms with van der Waals surface area (Å²) in [5.41, 5.74) is 3.54. The molecule has 8 heteroatoms. The highest BCUT2D eigenvalue weighted by atomic mass is 19.4. The molecule has 0 saturated carbocycles. The second-order valence-electron chi connectivity index (χ2n) is 7.51. The van der Waals surface area contributed by atoms with Crippen LogP contribution in [0.4, 0.5) is 13.2 Å². The van der Waals surface area contributed by atoms with Crippen molar-refractivity contribution in [1.82, 2.24) is 20.4 Å².